The summed E-state index contributed by atoms with van der Waals surface area (Å²) in [7, 11) is 1.56. The van der Waals surface area contributed by atoms with Crippen LogP contribution in [0.2, 0.25) is 0 Å². The van der Waals surface area contributed by atoms with Gasteiger partial charge in [-0.2, -0.15) is 0 Å². The van der Waals surface area contributed by atoms with Crippen LogP contribution in [0.1, 0.15) is 43.5 Å². The summed E-state index contributed by atoms with van der Waals surface area (Å²) in [5.41, 5.74) is 7.31. The molecule has 0 spiro atoms. The first kappa shape index (κ1) is 14.7. The predicted molar refractivity (Wildman–Crippen MR) is 80.9 cm³/mol. The molecule has 110 valence electrons. The van der Waals surface area contributed by atoms with Crippen LogP contribution < -0.4 is 10.5 Å². The summed E-state index contributed by atoms with van der Waals surface area (Å²) in [6.45, 7) is 6.13. The van der Waals surface area contributed by atoms with Gasteiger partial charge in [0.1, 0.15) is 5.75 Å². The fourth-order valence-electron chi connectivity index (χ4n) is 2.70. The first-order valence-electron chi connectivity index (χ1n) is 7.16. The van der Waals surface area contributed by atoms with Crippen molar-refractivity contribution >= 4 is 11.6 Å². The van der Waals surface area contributed by atoms with Gasteiger partial charge >= 0.3 is 0 Å². The number of carbonyl (C=O) groups is 1. The number of nitrogen functional groups attached to an aromatic ring is 1. The molecular weight excluding hydrogens is 252 g/mol. The van der Waals surface area contributed by atoms with E-state index in [4.69, 9.17) is 10.5 Å². The Hall–Kier alpha value is -1.71. The summed E-state index contributed by atoms with van der Waals surface area (Å²) in [6.07, 6.45) is 3.23. The first-order chi connectivity index (χ1) is 9.44. The van der Waals surface area contributed by atoms with E-state index in [-0.39, 0.29) is 5.91 Å². The van der Waals surface area contributed by atoms with Gasteiger partial charge in [0.25, 0.3) is 5.91 Å². The maximum atomic E-state index is 12.6. The number of hydrogen-bond acceptors (Lipinski definition) is 3. The first-order valence-corrected chi connectivity index (χ1v) is 7.16. The number of likely N-dealkylation sites (tertiary alicyclic amines) is 1. The van der Waals surface area contributed by atoms with Gasteiger partial charge in [0.2, 0.25) is 0 Å². The van der Waals surface area contributed by atoms with Gasteiger partial charge in [-0.1, -0.05) is 19.9 Å². The molecule has 0 aromatic heterocycles. The minimum Gasteiger partial charge on any atom is -0.495 e. The standard InChI is InChI=1S/C16H24N2O2/c1-16(2)8-5-10-18(11-9-16)15(19)12-6-4-7-13(20-3)14(12)17/h4,6-7H,5,8-11,17H2,1-3H3. The Labute approximate surface area is 120 Å². The third-order valence-electron chi connectivity index (χ3n) is 4.14. The van der Waals surface area contributed by atoms with E-state index in [0.717, 1.165) is 32.4 Å². The number of para-hydroxylation sites is 1. The molecule has 1 aliphatic rings. The third kappa shape index (κ3) is 3.06. The van der Waals surface area contributed by atoms with Gasteiger partial charge in [0.15, 0.2) is 0 Å². The number of nitrogens with zero attached hydrogens (tertiary/aromatic N) is 1. The van der Waals surface area contributed by atoms with Crippen LogP contribution in [0.25, 0.3) is 0 Å². The number of anilines is 1. The van der Waals surface area contributed by atoms with E-state index < -0.39 is 0 Å². The molecule has 2 rings (SSSR count). The van der Waals surface area contributed by atoms with E-state index in [1.165, 1.54) is 0 Å². The SMILES string of the molecule is COc1cccc(C(=O)N2CCCC(C)(C)CC2)c1N. The normalized spacial score (nSPS) is 18.4. The molecule has 1 heterocycles. The van der Waals surface area contributed by atoms with Crippen LogP contribution in [-0.2, 0) is 0 Å². The molecular formula is C16H24N2O2. The molecule has 0 aliphatic carbocycles. The molecule has 1 aliphatic heterocycles. The Kier molecular flexibility index (Phi) is 4.21. The average Bonchev–Trinajstić information content (AvgIpc) is 2.59. The van der Waals surface area contributed by atoms with Gasteiger partial charge in [-0.25, -0.2) is 0 Å². The lowest BCUT2D eigenvalue weighted by atomic mass is 9.85. The van der Waals surface area contributed by atoms with Crippen LogP contribution in [0.5, 0.6) is 5.75 Å². The highest BCUT2D eigenvalue weighted by atomic mass is 16.5. The largest absolute Gasteiger partial charge is 0.495 e. The lowest BCUT2D eigenvalue weighted by molar-refractivity contribution is 0.0758. The third-order valence-corrected chi connectivity index (χ3v) is 4.14. The highest BCUT2D eigenvalue weighted by Gasteiger charge is 2.27. The Bertz CT molecular complexity index is 497. The number of rotatable bonds is 2. The summed E-state index contributed by atoms with van der Waals surface area (Å²) in [5, 5.41) is 0. The summed E-state index contributed by atoms with van der Waals surface area (Å²) in [5.74, 6) is 0.574. The molecule has 1 aromatic carbocycles. The quantitative estimate of drug-likeness (QED) is 0.845. The highest BCUT2D eigenvalue weighted by Crippen LogP contribution is 2.31. The highest BCUT2D eigenvalue weighted by molar-refractivity contribution is 6.00. The van der Waals surface area contributed by atoms with Crippen LogP contribution in [0, 0.1) is 5.41 Å². The maximum Gasteiger partial charge on any atom is 0.256 e. The van der Waals surface area contributed by atoms with Gasteiger partial charge in [0.05, 0.1) is 18.4 Å². The topological polar surface area (TPSA) is 55.6 Å². The van der Waals surface area contributed by atoms with Crippen molar-refractivity contribution in [2.45, 2.75) is 33.1 Å². The number of nitrogens with two attached hydrogens (primary N) is 1. The average molecular weight is 276 g/mol. The molecule has 0 unspecified atom stereocenters. The lowest BCUT2D eigenvalue weighted by Crippen LogP contribution is -2.33. The molecule has 1 fully saturated rings. The number of hydrogen-bond donors (Lipinski definition) is 1. The van der Waals surface area contributed by atoms with Crippen molar-refractivity contribution in [1.29, 1.82) is 0 Å². The molecule has 0 saturated carbocycles. The Morgan fingerprint density at radius 2 is 2.05 bits per heavy atom. The van der Waals surface area contributed by atoms with Crippen LogP contribution in [0.4, 0.5) is 5.69 Å². The van der Waals surface area contributed by atoms with E-state index >= 15 is 0 Å². The van der Waals surface area contributed by atoms with Gasteiger partial charge in [-0.05, 0) is 36.8 Å². The fourth-order valence-corrected chi connectivity index (χ4v) is 2.70. The van der Waals surface area contributed by atoms with E-state index in [9.17, 15) is 4.79 Å². The van der Waals surface area contributed by atoms with Gasteiger partial charge in [0, 0.05) is 13.1 Å². The fraction of sp³-hybridized carbons (Fsp3) is 0.562. The minimum absolute atomic E-state index is 0.0131. The molecule has 0 atom stereocenters. The van der Waals surface area contributed by atoms with Crippen LogP contribution in [0.15, 0.2) is 18.2 Å². The van der Waals surface area contributed by atoms with Gasteiger partial charge in [-0.15, -0.1) is 0 Å². The molecule has 4 nitrogen and oxygen atoms in total. The van der Waals surface area contributed by atoms with Crippen molar-refractivity contribution in [2.24, 2.45) is 5.41 Å². The molecule has 0 bridgehead atoms. The number of carbonyl (C=O) groups excluding carboxylic acids is 1. The van der Waals surface area contributed by atoms with Gasteiger partial charge < -0.3 is 15.4 Å². The predicted octanol–water partition coefficient (Wildman–Crippen LogP) is 2.93. The van der Waals surface area contributed by atoms with E-state index in [0.29, 0.717) is 22.4 Å². The summed E-state index contributed by atoms with van der Waals surface area (Å²) in [4.78, 5) is 14.6. The van der Waals surface area contributed by atoms with Crippen molar-refractivity contribution < 1.29 is 9.53 Å². The van der Waals surface area contributed by atoms with E-state index in [1.54, 1.807) is 19.2 Å². The monoisotopic (exact) mass is 276 g/mol. The number of ether oxygens (including phenoxy) is 1. The van der Waals surface area contributed by atoms with Crippen molar-refractivity contribution in [3.8, 4) is 5.75 Å². The Balaban J connectivity index is 2.19. The zero-order chi connectivity index (χ0) is 14.8. The Morgan fingerprint density at radius 3 is 2.75 bits per heavy atom. The second-order valence-electron chi connectivity index (χ2n) is 6.23. The second kappa shape index (κ2) is 5.73. The van der Waals surface area contributed by atoms with Crippen molar-refractivity contribution in [3.63, 3.8) is 0 Å². The minimum atomic E-state index is 0.0131. The molecule has 1 amide bonds. The number of amides is 1. The van der Waals surface area contributed by atoms with E-state index in [1.807, 2.05) is 11.0 Å². The number of benzene rings is 1. The summed E-state index contributed by atoms with van der Waals surface area (Å²) in [6, 6.07) is 5.36. The Morgan fingerprint density at radius 1 is 1.30 bits per heavy atom. The molecule has 20 heavy (non-hydrogen) atoms. The van der Waals surface area contributed by atoms with Crippen LogP contribution >= 0.6 is 0 Å². The van der Waals surface area contributed by atoms with Crippen LogP contribution in [0.3, 0.4) is 0 Å². The summed E-state index contributed by atoms with van der Waals surface area (Å²) >= 11 is 0. The van der Waals surface area contributed by atoms with E-state index in [2.05, 4.69) is 13.8 Å². The van der Waals surface area contributed by atoms with Gasteiger partial charge in [-0.3, -0.25) is 4.79 Å². The zero-order valence-corrected chi connectivity index (χ0v) is 12.6. The molecule has 1 saturated heterocycles. The molecule has 2 N–H and O–H groups in total. The zero-order valence-electron chi connectivity index (χ0n) is 12.6. The molecule has 4 heteroatoms. The maximum absolute atomic E-state index is 12.6. The molecule has 0 radical (unpaired) electrons. The smallest absolute Gasteiger partial charge is 0.256 e. The van der Waals surface area contributed by atoms with Crippen LogP contribution in [-0.4, -0.2) is 31.0 Å². The van der Waals surface area contributed by atoms with Crippen molar-refractivity contribution in [2.75, 3.05) is 25.9 Å². The lowest BCUT2D eigenvalue weighted by Gasteiger charge is -2.24. The second-order valence-corrected chi connectivity index (χ2v) is 6.23. The molecule has 1 aromatic rings. The number of methoxy groups -OCH3 is 1. The van der Waals surface area contributed by atoms with Crippen molar-refractivity contribution in [3.05, 3.63) is 23.8 Å². The van der Waals surface area contributed by atoms with Crippen molar-refractivity contribution in [1.82, 2.24) is 4.90 Å². The summed E-state index contributed by atoms with van der Waals surface area (Å²) < 4.78 is 5.19.